The van der Waals surface area contributed by atoms with Gasteiger partial charge in [-0.1, -0.05) is 11.6 Å². The number of allylic oxidation sites excluding steroid dienone is 1. The van der Waals surface area contributed by atoms with Crippen LogP contribution >= 0.6 is 0 Å². The SMILES string of the molecule is CC(C)=CC(O)Cc1c(C)nn(C)c1C. The van der Waals surface area contributed by atoms with E-state index < -0.39 is 6.10 Å². The van der Waals surface area contributed by atoms with E-state index in [1.54, 1.807) is 0 Å². The largest absolute Gasteiger partial charge is 0.389 e. The molecule has 0 spiro atoms. The Balaban J connectivity index is 2.85. The first kappa shape index (κ1) is 12.0. The smallest absolute Gasteiger partial charge is 0.0765 e. The Morgan fingerprint density at radius 2 is 2.07 bits per heavy atom. The molecular formula is C12H20N2O. The molecule has 0 radical (unpaired) electrons. The van der Waals surface area contributed by atoms with Gasteiger partial charge in [-0.25, -0.2) is 0 Å². The lowest BCUT2D eigenvalue weighted by Crippen LogP contribution is -2.09. The molecule has 1 atom stereocenters. The van der Waals surface area contributed by atoms with Crippen molar-refractivity contribution in [1.29, 1.82) is 0 Å². The highest BCUT2D eigenvalue weighted by Gasteiger charge is 2.12. The zero-order chi connectivity index (χ0) is 11.6. The first-order valence-electron chi connectivity index (χ1n) is 5.24. The van der Waals surface area contributed by atoms with Gasteiger partial charge in [0, 0.05) is 19.2 Å². The maximum atomic E-state index is 9.82. The highest BCUT2D eigenvalue weighted by atomic mass is 16.3. The Labute approximate surface area is 91.4 Å². The zero-order valence-electron chi connectivity index (χ0n) is 10.2. The molecule has 0 saturated heterocycles. The number of aryl methyl sites for hydroxylation is 2. The quantitative estimate of drug-likeness (QED) is 0.770. The van der Waals surface area contributed by atoms with E-state index in [2.05, 4.69) is 5.10 Å². The molecule has 0 saturated carbocycles. The molecule has 0 bridgehead atoms. The molecule has 1 heterocycles. The fraction of sp³-hybridized carbons (Fsp3) is 0.583. The van der Waals surface area contributed by atoms with Crippen molar-refractivity contribution in [2.45, 2.75) is 40.2 Å². The van der Waals surface area contributed by atoms with Gasteiger partial charge >= 0.3 is 0 Å². The molecular weight excluding hydrogens is 188 g/mol. The average Bonchev–Trinajstić information content (AvgIpc) is 2.31. The van der Waals surface area contributed by atoms with E-state index in [1.165, 1.54) is 0 Å². The number of aliphatic hydroxyl groups excluding tert-OH is 1. The molecule has 0 aromatic carbocycles. The number of nitrogens with zero attached hydrogens (tertiary/aromatic N) is 2. The van der Waals surface area contributed by atoms with E-state index in [-0.39, 0.29) is 0 Å². The number of rotatable bonds is 3. The third-order valence-electron chi connectivity index (χ3n) is 2.60. The standard InChI is InChI=1S/C12H20N2O/c1-8(2)6-11(15)7-12-9(3)13-14(5)10(12)4/h6,11,15H,7H2,1-5H3. The Morgan fingerprint density at radius 1 is 1.47 bits per heavy atom. The van der Waals surface area contributed by atoms with E-state index in [9.17, 15) is 5.11 Å². The van der Waals surface area contributed by atoms with Crippen molar-refractivity contribution in [2.24, 2.45) is 7.05 Å². The molecule has 84 valence electrons. The van der Waals surface area contributed by atoms with Crippen molar-refractivity contribution >= 4 is 0 Å². The van der Waals surface area contributed by atoms with Gasteiger partial charge in [0.25, 0.3) is 0 Å². The van der Waals surface area contributed by atoms with Crippen LogP contribution in [0, 0.1) is 13.8 Å². The molecule has 1 rings (SSSR count). The Hall–Kier alpha value is -1.09. The van der Waals surface area contributed by atoms with Crippen molar-refractivity contribution in [1.82, 2.24) is 9.78 Å². The van der Waals surface area contributed by atoms with E-state index in [4.69, 9.17) is 0 Å². The van der Waals surface area contributed by atoms with Crippen molar-refractivity contribution in [3.05, 3.63) is 28.6 Å². The van der Waals surface area contributed by atoms with Crippen molar-refractivity contribution in [2.75, 3.05) is 0 Å². The summed E-state index contributed by atoms with van der Waals surface area (Å²) in [5.74, 6) is 0. The molecule has 15 heavy (non-hydrogen) atoms. The maximum Gasteiger partial charge on any atom is 0.0765 e. The van der Waals surface area contributed by atoms with Gasteiger partial charge in [-0.15, -0.1) is 0 Å². The minimum atomic E-state index is -0.406. The van der Waals surface area contributed by atoms with Gasteiger partial charge in [0.15, 0.2) is 0 Å². The van der Waals surface area contributed by atoms with Crippen LogP contribution in [0.25, 0.3) is 0 Å². The summed E-state index contributed by atoms with van der Waals surface area (Å²) >= 11 is 0. The normalized spacial score (nSPS) is 12.7. The number of hydrogen-bond donors (Lipinski definition) is 1. The molecule has 1 aromatic rings. The van der Waals surface area contributed by atoms with Gasteiger partial charge in [0.1, 0.15) is 0 Å². The minimum absolute atomic E-state index is 0.406. The van der Waals surface area contributed by atoms with Gasteiger partial charge < -0.3 is 5.11 Å². The first-order valence-corrected chi connectivity index (χ1v) is 5.24. The summed E-state index contributed by atoms with van der Waals surface area (Å²) in [6, 6.07) is 0. The molecule has 3 nitrogen and oxygen atoms in total. The molecule has 0 aliphatic rings. The van der Waals surface area contributed by atoms with Gasteiger partial charge in [-0.05, 0) is 33.3 Å². The van der Waals surface area contributed by atoms with Crippen LogP contribution in [0.5, 0.6) is 0 Å². The van der Waals surface area contributed by atoms with E-state index >= 15 is 0 Å². The van der Waals surface area contributed by atoms with Gasteiger partial charge in [-0.3, -0.25) is 4.68 Å². The number of hydrogen-bond acceptors (Lipinski definition) is 2. The average molecular weight is 208 g/mol. The molecule has 3 heteroatoms. The Morgan fingerprint density at radius 3 is 2.47 bits per heavy atom. The van der Waals surface area contributed by atoms with Crippen LogP contribution in [-0.2, 0) is 13.5 Å². The molecule has 0 aliphatic heterocycles. The van der Waals surface area contributed by atoms with Crippen molar-refractivity contribution < 1.29 is 5.11 Å². The molecule has 0 aliphatic carbocycles. The van der Waals surface area contributed by atoms with E-state index in [0.29, 0.717) is 6.42 Å². The Bertz CT molecular complexity index is 373. The topological polar surface area (TPSA) is 38.1 Å². The molecule has 0 fully saturated rings. The molecule has 1 N–H and O–H groups in total. The van der Waals surface area contributed by atoms with Gasteiger partial charge in [0.2, 0.25) is 0 Å². The summed E-state index contributed by atoms with van der Waals surface area (Å²) < 4.78 is 1.86. The van der Waals surface area contributed by atoms with Gasteiger partial charge in [-0.2, -0.15) is 5.10 Å². The lowest BCUT2D eigenvalue weighted by atomic mass is 10.0. The van der Waals surface area contributed by atoms with Crippen LogP contribution in [0.1, 0.15) is 30.8 Å². The van der Waals surface area contributed by atoms with E-state index in [0.717, 1.165) is 22.5 Å². The van der Waals surface area contributed by atoms with Crippen LogP contribution in [0.2, 0.25) is 0 Å². The van der Waals surface area contributed by atoms with Crippen LogP contribution in [0.4, 0.5) is 0 Å². The minimum Gasteiger partial charge on any atom is -0.389 e. The molecule has 0 amide bonds. The van der Waals surface area contributed by atoms with Crippen LogP contribution in [-0.4, -0.2) is 21.0 Å². The lowest BCUT2D eigenvalue weighted by molar-refractivity contribution is 0.222. The zero-order valence-corrected chi connectivity index (χ0v) is 10.2. The summed E-state index contributed by atoms with van der Waals surface area (Å²) in [4.78, 5) is 0. The summed E-state index contributed by atoms with van der Waals surface area (Å²) in [6.45, 7) is 8.00. The van der Waals surface area contributed by atoms with E-state index in [1.807, 2.05) is 45.5 Å². The number of aromatic nitrogens is 2. The van der Waals surface area contributed by atoms with Crippen LogP contribution in [0.3, 0.4) is 0 Å². The summed E-state index contributed by atoms with van der Waals surface area (Å²) in [7, 11) is 1.93. The third kappa shape index (κ3) is 2.93. The maximum absolute atomic E-state index is 9.82. The summed E-state index contributed by atoms with van der Waals surface area (Å²) in [6.07, 6.45) is 2.12. The fourth-order valence-electron chi connectivity index (χ4n) is 1.77. The second-order valence-corrected chi connectivity index (χ2v) is 4.29. The van der Waals surface area contributed by atoms with Crippen LogP contribution in [0.15, 0.2) is 11.6 Å². The highest BCUT2D eigenvalue weighted by molar-refractivity contribution is 5.26. The summed E-state index contributed by atoms with van der Waals surface area (Å²) in [5.41, 5.74) is 4.44. The highest BCUT2D eigenvalue weighted by Crippen LogP contribution is 2.15. The predicted molar refractivity (Wildman–Crippen MR) is 61.8 cm³/mol. The second kappa shape index (κ2) is 4.62. The number of aliphatic hydroxyl groups is 1. The van der Waals surface area contributed by atoms with Crippen molar-refractivity contribution in [3.8, 4) is 0 Å². The second-order valence-electron chi connectivity index (χ2n) is 4.29. The lowest BCUT2D eigenvalue weighted by Gasteiger charge is -2.07. The van der Waals surface area contributed by atoms with Crippen LogP contribution < -0.4 is 0 Å². The monoisotopic (exact) mass is 208 g/mol. The molecule has 1 unspecified atom stereocenters. The predicted octanol–water partition coefficient (Wildman–Crippen LogP) is 1.91. The first-order chi connectivity index (χ1) is 6.91. The Kier molecular flexibility index (Phi) is 3.69. The van der Waals surface area contributed by atoms with Gasteiger partial charge in [0.05, 0.1) is 11.8 Å². The fourth-order valence-corrected chi connectivity index (χ4v) is 1.77. The third-order valence-corrected chi connectivity index (χ3v) is 2.60. The summed E-state index contributed by atoms with van der Waals surface area (Å²) in [5, 5.41) is 14.1. The molecule has 1 aromatic heterocycles. The van der Waals surface area contributed by atoms with Crippen molar-refractivity contribution in [3.63, 3.8) is 0 Å².